The molecule has 2 atom stereocenters. The fraction of sp³-hybridized carbons (Fsp3) is 0.909. The van der Waals surface area contributed by atoms with Crippen LogP contribution in [-0.4, -0.2) is 50.2 Å². The van der Waals surface area contributed by atoms with E-state index >= 15 is 0 Å². The minimum Gasteiger partial charge on any atom is -0.469 e. The highest BCUT2D eigenvalue weighted by molar-refractivity contribution is 7.89. The third-order valence-corrected chi connectivity index (χ3v) is 5.29. The molecular weight excluding hydrogens is 256 g/mol. The molecule has 2 N–H and O–H groups in total. The monoisotopic (exact) mass is 278 g/mol. The number of nitrogens with zero attached hydrogens (tertiary/aromatic N) is 1. The van der Waals surface area contributed by atoms with Crippen molar-refractivity contribution in [1.82, 2.24) is 4.31 Å². The molecule has 0 amide bonds. The smallest absolute Gasteiger partial charge is 0.305 e. The fourth-order valence-corrected chi connectivity index (χ4v) is 3.98. The maximum absolute atomic E-state index is 12.1. The number of hydrogen-bond donors (Lipinski definition) is 1. The number of rotatable bonds is 5. The topological polar surface area (TPSA) is 89.7 Å². The first-order valence-electron chi connectivity index (χ1n) is 6.18. The molecule has 0 radical (unpaired) electrons. The van der Waals surface area contributed by atoms with E-state index in [1.54, 1.807) is 0 Å². The van der Waals surface area contributed by atoms with Gasteiger partial charge >= 0.3 is 5.97 Å². The minimum atomic E-state index is -3.29. The Hall–Kier alpha value is -0.660. The average Bonchev–Trinajstić information content (AvgIpc) is 2.27. The van der Waals surface area contributed by atoms with Crippen molar-refractivity contribution in [1.29, 1.82) is 0 Å². The number of esters is 1. The summed E-state index contributed by atoms with van der Waals surface area (Å²) in [5, 5.41) is 0. The molecule has 0 aliphatic carbocycles. The Kier molecular flexibility index (Phi) is 5.55. The summed E-state index contributed by atoms with van der Waals surface area (Å²) in [4.78, 5) is 10.9. The van der Waals surface area contributed by atoms with Gasteiger partial charge in [-0.25, -0.2) is 8.42 Å². The Morgan fingerprint density at radius 3 is 2.72 bits per heavy atom. The van der Waals surface area contributed by atoms with Crippen LogP contribution in [-0.2, 0) is 19.6 Å². The Labute approximate surface area is 109 Å². The van der Waals surface area contributed by atoms with E-state index in [2.05, 4.69) is 4.74 Å². The van der Waals surface area contributed by atoms with Gasteiger partial charge in [0.05, 0.1) is 12.9 Å². The third-order valence-electron chi connectivity index (χ3n) is 3.22. The first-order valence-corrected chi connectivity index (χ1v) is 7.79. The molecule has 0 bridgehead atoms. The van der Waals surface area contributed by atoms with E-state index in [1.807, 2.05) is 6.92 Å². The van der Waals surface area contributed by atoms with Gasteiger partial charge in [0.1, 0.15) is 0 Å². The Morgan fingerprint density at radius 1 is 1.50 bits per heavy atom. The van der Waals surface area contributed by atoms with E-state index in [4.69, 9.17) is 5.73 Å². The zero-order valence-electron chi connectivity index (χ0n) is 11.0. The van der Waals surface area contributed by atoms with E-state index in [0.29, 0.717) is 25.8 Å². The summed E-state index contributed by atoms with van der Waals surface area (Å²) in [6.45, 7) is 2.35. The van der Waals surface area contributed by atoms with E-state index < -0.39 is 10.0 Å². The average molecular weight is 278 g/mol. The summed E-state index contributed by atoms with van der Waals surface area (Å²) in [7, 11) is -1.99. The Bertz CT molecular complexity index is 383. The summed E-state index contributed by atoms with van der Waals surface area (Å²) in [5.74, 6) is -0.388. The predicted octanol–water partition coefficient (Wildman–Crippen LogP) is 0.0810. The molecule has 2 unspecified atom stereocenters. The van der Waals surface area contributed by atoms with Gasteiger partial charge in [-0.15, -0.1) is 0 Å². The number of piperidine rings is 1. The molecule has 1 heterocycles. The molecule has 1 saturated heterocycles. The predicted molar refractivity (Wildman–Crippen MR) is 68.4 cm³/mol. The summed E-state index contributed by atoms with van der Waals surface area (Å²) in [6, 6.07) is 0.0263. The van der Waals surface area contributed by atoms with Crippen LogP contribution in [0, 0.1) is 0 Å². The van der Waals surface area contributed by atoms with Gasteiger partial charge in [0, 0.05) is 25.0 Å². The van der Waals surface area contributed by atoms with E-state index in [9.17, 15) is 13.2 Å². The lowest BCUT2D eigenvalue weighted by Gasteiger charge is -2.35. The number of nitrogens with two attached hydrogens (primary N) is 1. The minimum absolute atomic E-state index is 0.0122. The van der Waals surface area contributed by atoms with Crippen molar-refractivity contribution in [2.24, 2.45) is 5.73 Å². The highest BCUT2D eigenvalue weighted by atomic mass is 32.2. The first kappa shape index (κ1) is 15.4. The Balaban J connectivity index is 2.50. The molecule has 0 saturated carbocycles. The number of carbonyl (C=O) groups is 1. The quantitative estimate of drug-likeness (QED) is 0.719. The number of sulfonamides is 1. The summed E-state index contributed by atoms with van der Waals surface area (Å²) in [5.41, 5.74) is 5.81. The van der Waals surface area contributed by atoms with Crippen molar-refractivity contribution in [3.05, 3.63) is 0 Å². The van der Waals surface area contributed by atoms with Crippen LogP contribution in [0.2, 0.25) is 0 Å². The van der Waals surface area contributed by atoms with Crippen LogP contribution in [0.25, 0.3) is 0 Å². The van der Waals surface area contributed by atoms with E-state index in [-0.39, 0.29) is 30.2 Å². The van der Waals surface area contributed by atoms with Gasteiger partial charge in [-0.1, -0.05) is 0 Å². The second kappa shape index (κ2) is 6.49. The lowest BCUT2D eigenvalue weighted by molar-refractivity contribution is -0.140. The van der Waals surface area contributed by atoms with Crippen molar-refractivity contribution in [3.63, 3.8) is 0 Å². The number of carbonyl (C=O) groups excluding carboxylic acids is 1. The molecule has 1 rings (SSSR count). The van der Waals surface area contributed by atoms with Crippen molar-refractivity contribution in [2.75, 3.05) is 19.4 Å². The molecule has 1 aliphatic heterocycles. The van der Waals surface area contributed by atoms with Gasteiger partial charge in [0.2, 0.25) is 10.0 Å². The second-order valence-corrected chi connectivity index (χ2v) is 6.78. The highest BCUT2D eigenvalue weighted by Gasteiger charge is 2.31. The maximum Gasteiger partial charge on any atom is 0.305 e. The maximum atomic E-state index is 12.1. The van der Waals surface area contributed by atoms with Crippen molar-refractivity contribution in [2.45, 2.75) is 44.7 Å². The van der Waals surface area contributed by atoms with Gasteiger partial charge in [-0.05, 0) is 26.2 Å². The number of methoxy groups -OCH3 is 1. The van der Waals surface area contributed by atoms with Gasteiger partial charge in [0.15, 0.2) is 0 Å². The fourth-order valence-electron chi connectivity index (χ4n) is 2.22. The normalized spacial score (nSPS) is 25.9. The molecule has 1 aliphatic rings. The third kappa shape index (κ3) is 4.22. The summed E-state index contributed by atoms with van der Waals surface area (Å²) >= 11 is 0. The number of ether oxygens (including phenoxy) is 1. The van der Waals surface area contributed by atoms with Crippen LogP contribution in [0.4, 0.5) is 0 Å². The zero-order chi connectivity index (χ0) is 13.8. The van der Waals surface area contributed by atoms with Crippen molar-refractivity contribution in [3.8, 4) is 0 Å². The molecule has 7 heteroatoms. The molecule has 0 aromatic carbocycles. The SMILES string of the molecule is COC(=O)CCCS(=O)(=O)N1CCC(N)CC1C. The summed E-state index contributed by atoms with van der Waals surface area (Å²) < 4.78 is 30.2. The van der Waals surface area contributed by atoms with Gasteiger partial charge in [-0.2, -0.15) is 4.31 Å². The van der Waals surface area contributed by atoms with Crippen LogP contribution in [0.1, 0.15) is 32.6 Å². The molecule has 0 aromatic rings. The van der Waals surface area contributed by atoms with Crippen LogP contribution >= 0.6 is 0 Å². The van der Waals surface area contributed by atoms with Crippen molar-refractivity contribution >= 4 is 16.0 Å². The second-order valence-electron chi connectivity index (χ2n) is 4.74. The highest BCUT2D eigenvalue weighted by Crippen LogP contribution is 2.20. The molecule has 18 heavy (non-hydrogen) atoms. The molecule has 106 valence electrons. The lowest BCUT2D eigenvalue weighted by atomic mass is 10.0. The molecular formula is C11H22N2O4S. The van der Waals surface area contributed by atoms with Crippen LogP contribution in [0.3, 0.4) is 0 Å². The lowest BCUT2D eigenvalue weighted by Crippen LogP contribution is -2.48. The van der Waals surface area contributed by atoms with E-state index in [1.165, 1.54) is 11.4 Å². The Morgan fingerprint density at radius 2 is 2.17 bits per heavy atom. The largest absolute Gasteiger partial charge is 0.469 e. The van der Waals surface area contributed by atoms with Crippen LogP contribution in [0.5, 0.6) is 0 Å². The molecule has 6 nitrogen and oxygen atoms in total. The van der Waals surface area contributed by atoms with Gasteiger partial charge < -0.3 is 10.5 Å². The van der Waals surface area contributed by atoms with Crippen LogP contribution < -0.4 is 5.73 Å². The van der Waals surface area contributed by atoms with Crippen molar-refractivity contribution < 1.29 is 17.9 Å². The standard InChI is InChI=1S/C11H22N2O4S/c1-9-8-10(12)5-6-13(9)18(15,16)7-3-4-11(14)17-2/h9-10H,3-8,12H2,1-2H3. The van der Waals surface area contributed by atoms with Gasteiger partial charge in [0.25, 0.3) is 0 Å². The van der Waals surface area contributed by atoms with Gasteiger partial charge in [-0.3, -0.25) is 4.79 Å². The molecule has 1 fully saturated rings. The zero-order valence-corrected chi connectivity index (χ0v) is 11.8. The summed E-state index contributed by atoms with van der Waals surface area (Å²) in [6.07, 6.45) is 1.82. The first-order chi connectivity index (χ1) is 8.36. The van der Waals surface area contributed by atoms with Crippen LogP contribution in [0.15, 0.2) is 0 Å². The number of hydrogen-bond acceptors (Lipinski definition) is 5. The molecule has 0 aromatic heterocycles. The van der Waals surface area contributed by atoms with E-state index in [0.717, 1.165) is 0 Å². The molecule has 0 spiro atoms.